The fourth-order valence-electron chi connectivity index (χ4n) is 2.98. The average molecular weight is 468 g/mol. The van der Waals surface area contributed by atoms with E-state index < -0.39 is 0 Å². The summed E-state index contributed by atoms with van der Waals surface area (Å²) in [5.41, 5.74) is 0.119. The first-order valence-corrected chi connectivity index (χ1v) is 9.51. The third-order valence-corrected chi connectivity index (χ3v) is 5.06. The zero-order valence-electron chi connectivity index (χ0n) is 16.2. The van der Waals surface area contributed by atoms with Gasteiger partial charge in [-0.15, -0.1) is 24.0 Å². The molecular weight excluding hydrogens is 431 g/mol. The Hall–Kier alpha value is -0.120. The summed E-state index contributed by atoms with van der Waals surface area (Å²) in [6, 6.07) is 0. The van der Waals surface area contributed by atoms with E-state index in [1.807, 2.05) is 0 Å². The minimum Gasteiger partial charge on any atom is -0.381 e. The lowest BCUT2D eigenvalue weighted by Gasteiger charge is -2.41. The van der Waals surface area contributed by atoms with Gasteiger partial charge in [0, 0.05) is 45.1 Å². The summed E-state index contributed by atoms with van der Waals surface area (Å²) in [4.78, 5) is 7.16. The molecule has 0 aromatic heterocycles. The summed E-state index contributed by atoms with van der Waals surface area (Å²) in [7, 11) is 4.30. The first-order valence-electron chi connectivity index (χ1n) is 9.51. The van der Waals surface area contributed by atoms with Gasteiger partial charge >= 0.3 is 0 Å². The molecule has 1 aliphatic heterocycles. The minimum atomic E-state index is 0. The number of likely N-dealkylation sites (N-methyl/N-ethyl adjacent to an activating group) is 1. The maximum absolute atomic E-state index is 5.68. The van der Waals surface area contributed by atoms with Crippen LogP contribution in [0.4, 0.5) is 0 Å². The Morgan fingerprint density at radius 2 is 1.96 bits per heavy atom. The van der Waals surface area contributed by atoms with E-state index in [1.165, 1.54) is 12.8 Å². The summed E-state index contributed by atoms with van der Waals surface area (Å²) in [5, 5.41) is 6.78. The first kappa shape index (κ1) is 22.9. The molecule has 0 radical (unpaired) electrons. The summed E-state index contributed by atoms with van der Waals surface area (Å²) < 4.78 is 11.2. The molecule has 0 unspecified atom stereocenters. The molecule has 25 heavy (non-hydrogen) atoms. The van der Waals surface area contributed by atoms with E-state index in [4.69, 9.17) is 14.5 Å². The standard InChI is InChI=1S/C18H36N4O2.HI/c1-4-19-17(20-10-5-11-24-14-16-6-7-16)21-15-18(22(2)3)8-12-23-13-9-18;/h16H,4-15H2,1-3H3,(H2,19,20,21);1H. The molecule has 2 fully saturated rings. The Labute approximate surface area is 170 Å². The van der Waals surface area contributed by atoms with Crippen LogP contribution in [0.3, 0.4) is 0 Å². The Morgan fingerprint density at radius 3 is 2.56 bits per heavy atom. The van der Waals surface area contributed by atoms with Crippen LogP contribution in [0.25, 0.3) is 0 Å². The molecule has 1 saturated heterocycles. The van der Waals surface area contributed by atoms with Gasteiger partial charge in [-0.25, -0.2) is 0 Å². The van der Waals surface area contributed by atoms with Crippen molar-refractivity contribution in [3.63, 3.8) is 0 Å². The van der Waals surface area contributed by atoms with Gasteiger partial charge < -0.3 is 25.0 Å². The van der Waals surface area contributed by atoms with Crippen LogP contribution in [0.5, 0.6) is 0 Å². The molecule has 0 aromatic rings. The highest BCUT2D eigenvalue weighted by Crippen LogP contribution is 2.28. The zero-order valence-corrected chi connectivity index (χ0v) is 18.5. The second-order valence-corrected chi connectivity index (χ2v) is 7.22. The van der Waals surface area contributed by atoms with Crippen LogP contribution < -0.4 is 10.6 Å². The Morgan fingerprint density at radius 1 is 1.24 bits per heavy atom. The molecule has 2 rings (SSSR count). The first-order chi connectivity index (χ1) is 11.7. The highest BCUT2D eigenvalue weighted by atomic mass is 127. The predicted octanol–water partition coefficient (Wildman–Crippen LogP) is 2.09. The van der Waals surface area contributed by atoms with Crippen molar-refractivity contribution in [1.29, 1.82) is 0 Å². The molecule has 1 heterocycles. The molecule has 0 atom stereocenters. The maximum Gasteiger partial charge on any atom is 0.191 e. The largest absolute Gasteiger partial charge is 0.381 e. The molecule has 2 N–H and O–H groups in total. The van der Waals surface area contributed by atoms with Crippen LogP contribution in [-0.4, -0.2) is 76.6 Å². The van der Waals surface area contributed by atoms with E-state index in [-0.39, 0.29) is 29.5 Å². The number of hydrogen-bond acceptors (Lipinski definition) is 4. The summed E-state index contributed by atoms with van der Waals surface area (Å²) in [5.74, 6) is 1.76. The molecule has 0 spiro atoms. The number of nitrogens with one attached hydrogen (secondary N) is 2. The number of rotatable bonds is 10. The van der Waals surface area contributed by atoms with Gasteiger partial charge in [-0.05, 0) is 59.0 Å². The molecule has 148 valence electrons. The van der Waals surface area contributed by atoms with E-state index >= 15 is 0 Å². The number of ether oxygens (including phenoxy) is 2. The smallest absolute Gasteiger partial charge is 0.191 e. The van der Waals surface area contributed by atoms with Crippen molar-refractivity contribution in [2.24, 2.45) is 10.9 Å². The van der Waals surface area contributed by atoms with Gasteiger partial charge in [0.1, 0.15) is 0 Å². The van der Waals surface area contributed by atoms with Gasteiger partial charge in [-0.2, -0.15) is 0 Å². The molecule has 2 aliphatic rings. The zero-order chi connectivity index (χ0) is 17.3. The highest BCUT2D eigenvalue weighted by Gasteiger charge is 2.34. The number of nitrogens with zero attached hydrogens (tertiary/aromatic N) is 2. The van der Waals surface area contributed by atoms with Crippen molar-refractivity contribution in [2.45, 2.75) is 44.6 Å². The van der Waals surface area contributed by atoms with Gasteiger partial charge in [0.2, 0.25) is 0 Å². The summed E-state index contributed by atoms with van der Waals surface area (Å²) >= 11 is 0. The second kappa shape index (κ2) is 12.3. The van der Waals surface area contributed by atoms with Crippen molar-refractivity contribution in [1.82, 2.24) is 15.5 Å². The number of guanidine groups is 1. The molecule has 6 nitrogen and oxygen atoms in total. The molecular formula is C18H37IN4O2. The lowest BCUT2D eigenvalue weighted by molar-refractivity contribution is -0.00254. The van der Waals surface area contributed by atoms with Crippen LogP contribution in [0.1, 0.15) is 39.0 Å². The van der Waals surface area contributed by atoms with Gasteiger partial charge in [0.05, 0.1) is 6.54 Å². The van der Waals surface area contributed by atoms with Crippen LogP contribution in [0, 0.1) is 5.92 Å². The van der Waals surface area contributed by atoms with Crippen molar-refractivity contribution in [3.8, 4) is 0 Å². The third-order valence-electron chi connectivity index (χ3n) is 5.06. The van der Waals surface area contributed by atoms with Crippen molar-refractivity contribution >= 4 is 29.9 Å². The fraction of sp³-hybridized carbons (Fsp3) is 0.944. The molecule has 1 saturated carbocycles. The van der Waals surface area contributed by atoms with Gasteiger partial charge in [0.25, 0.3) is 0 Å². The van der Waals surface area contributed by atoms with E-state index in [9.17, 15) is 0 Å². The van der Waals surface area contributed by atoms with Gasteiger partial charge in [-0.1, -0.05) is 0 Å². The predicted molar refractivity (Wildman–Crippen MR) is 114 cm³/mol. The van der Waals surface area contributed by atoms with Gasteiger partial charge in [-0.3, -0.25) is 4.99 Å². The van der Waals surface area contributed by atoms with Crippen LogP contribution >= 0.6 is 24.0 Å². The molecule has 0 amide bonds. The van der Waals surface area contributed by atoms with Gasteiger partial charge in [0.15, 0.2) is 5.96 Å². The summed E-state index contributed by atoms with van der Waals surface area (Å²) in [6.45, 7) is 8.12. The van der Waals surface area contributed by atoms with Crippen molar-refractivity contribution in [3.05, 3.63) is 0 Å². The molecule has 7 heteroatoms. The highest BCUT2D eigenvalue weighted by molar-refractivity contribution is 14.0. The van der Waals surface area contributed by atoms with E-state index in [0.29, 0.717) is 0 Å². The number of aliphatic imine (C=N–C) groups is 1. The molecule has 0 bridgehead atoms. The van der Waals surface area contributed by atoms with E-state index in [2.05, 4.69) is 36.6 Å². The Kier molecular flexibility index (Phi) is 11.3. The Balaban J connectivity index is 0.00000312. The fourth-order valence-corrected chi connectivity index (χ4v) is 2.98. The van der Waals surface area contributed by atoms with Crippen LogP contribution in [0.2, 0.25) is 0 Å². The SMILES string of the molecule is CCNC(=NCC1(N(C)C)CCOCC1)NCCCOCC1CC1.I. The quantitative estimate of drug-likeness (QED) is 0.223. The van der Waals surface area contributed by atoms with Crippen molar-refractivity contribution in [2.75, 3.05) is 60.2 Å². The maximum atomic E-state index is 5.68. The van der Waals surface area contributed by atoms with Crippen molar-refractivity contribution < 1.29 is 9.47 Å². The summed E-state index contributed by atoms with van der Waals surface area (Å²) in [6.07, 6.45) is 5.81. The minimum absolute atomic E-state index is 0. The topological polar surface area (TPSA) is 58.1 Å². The lowest BCUT2D eigenvalue weighted by atomic mass is 9.89. The third kappa shape index (κ3) is 8.41. The average Bonchev–Trinajstić information content (AvgIpc) is 3.40. The second-order valence-electron chi connectivity index (χ2n) is 7.22. The molecule has 0 aromatic carbocycles. The molecule has 1 aliphatic carbocycles. The van der Waals surface area contributed by atoms with Crippen LogP contribution in [-0.2, 0) is 9.47 Å². The monoisotopic (exact) mass is 468 g/mol. The lowest BCUT2D eigenvalue weighted by Crippen LogP contribution is -2.51. The normalized spacial score (nSPS) is 20.2. The Bertz CT molecular complexity index is 383. The van der Waals surface area contributed by atoms with E-state index in [1.54, 1.807) is 0 Å². The number of halogens is 1. The van der Waals surface area contributed by atoms with E-state index in [0.717, 1.165) is 77.2 Å². The van der Waals surface area contributed by atoms with Crippen LogP contribution in [0.15, 0.2) is 4.99 Å². The number of hydrogen-bond donors (Lipinski definition) is 2.